The first-order chi connectivity index (χ1) is 13.7. The summed E-state index contributed by atoms with van der Waals surface area (Å²) < 4.78 is 4.93. The molecule has 0 spiro atoms. The van der Waals surface area contributed by atoms with Gasteiger partial charge in [-0.3, -0.25) is 25.0 Å². The van der Waals surface area contributed by atoms with Gasteiger partial charge in [0.1, 0.15) is 22.9 Å². The summed E-state index contributed by atoms with van der Waals surface area (Å²) in [6.45, 7) is 3.32. The maximum atomic E-state index is 12.5. The largest absolute Gasteiger partial charge is 0.462 e. The minimum Gasteiger partial charge on any atom is -0.462 e. The fraction of sp³-hybridized carbons (Fsp3) is 0.278. The number of nitrogens with zero attached hydrogens (tertiary/aromatic N) is 2. The monoisotopic (exact) mass is 414 g/mol. The van der Waals surface area contributed by atoms with Gasteiger partial charge in [-0.05, 0) is 25.5 Å². The van der Waals surface area contributed by atoms with E-state index in [1.54, 1.807) is 19.9 Å². The Morgan fingerprint density at radius 2 is 1.83 bits per heavy atom. The van der Waals surface area contributed by atoms with Gasteiger partial charge in [0, 0.05) is 11.3 Å². The third-order valence-corrected chi connectivity index (χ3v) is 5.18. The highest BCUT2D eigenvalue weighted by molar-refractivity contribution is 7.14. The highest BCUT2D eigenvalue weighted by Crippen LogP contribution is 2.29. The third kappa shape index (κ3) is 4.54. The second kappa shape index (κ2) is 8.91. The lowest BCUT2D eigenvalue weighted by Crippen LogP contribution is -2.55. The van der Waals surface area contributed by atoms with Crippen molar-refractivity contribution < 1.29 is 28.7 Å². The molecule has 2 N–H and O–H groups in total. The quantitative estimate of drug-likeness (QED) is 0.296. The Morgan fingerprint density at radius 1 is 1.21 bits per heavy atom. The number of nitrogens with one attached hydrogen (secondary N) is 2. The maximum absolute atomic E-state index is 12.5. The van der Waals surface area contributed by atoms with Crippen LogP contribution in [0, 0.1) is 35.5 Å². The second-order valence-electron chi connectivity index (χ2n) is 5.76. The van der Waals surface area contributed by atoms with Crippen LogP contribution in [0.25, 0.3) is 0 Å². The Morgan fingerprint density at radius 3 is 2.34 bits per heavy atom. The summed E-state index contributed by atoms with van der Waals surface area (Å²) in [5.74, 6) is -4.83. The lowest BCUT2D eigenvalue weighted by Gasteiger charge is -2.17. The molecule has 1 aliphatic rings. The van der Waals surface area contributed by atoms with Crippen LogP contribution in [0.2, 0.25) is 0 Å². The van der Waals surface area contributed by atoms with Crippen molar-refractivity contribution in [1.82, 2.24) is 10.6 Å². The summed E-state index contributed by atoms with van der Waals surface area (Å²) in [7, 11) is 0. The van der Waals surface area contributed by atoms with E-state index in [4.69, 9.17) is 4.74 Å². The summed E-state index contributed by atoms with van der Waals surface area (Å²) in [6, 6.07) is 2.55. The first-order valence-corrected chi connectivity index (χ1v) is 9.05. The summed E-state index contributed by atoms with van der Waals surface area (Å²) in [5.41, 5.74) is 0.00973. The van der Waals surface area contributed by atoms with Crippen LogP contribution in [0.1, 0.15) is 32.6 Å². The van der Waals surface area contributed by atoms with E-state index in [0.717, 1.165) is 17.4 Å². The number of hydrogen-bond donors (Lipinski definition) is 2. The Hall–Kier alpha value is -3.83. The van der Waals surface area contributed by atoms with Crippen LogP contribution >= 0.6 is 11.3 Å². The highest BCUT2D eigenvalue weighted by atomic mass is 32.1. The fourth-order valence-corrected chi connectivity index (χ4v) is 3.66. The number of ketones is 1. The molecule has 0 radical (unpaired) electrons. The summed E-state index contributed by atoms with van der Waals surface area (Å²) in [5, 5.41) is 22.4. The van der Waals surface area contributed by atoms with Gasteiger partial charge < -0.3 is 4.74 Å². The van der Waals surface area contributed by atoms with E-state index in [1.807, 2.05) is 16.7 Å². The molecule has 10 nitrogen and oxygen atoms in total. The van der Waals surface area contributed by atoms with E-state index in [9.17, 15) is 34.5 Å². The topological polar surface area (TPSA) is 166 Å². The van der Waals surface area contributed by atoms with E-state index >= 15 is 0 Å². The molecule has 29 heavy (non-hydrogen) atoms. The second-order valence-corrected chi connectivity index (χ2v) is 6.87. The number of rotatable bonds is 6. The zero-order valence-electron chi connectivity index (χ0n) is 15.3. The number of esters is 1. The number of thiophene rings is 1. The molecule has 148 valence electrons. The molecule has 4 amide bonds. The maximum Gasteiger partial charge on any atom is 0.348 e. The summed E-state index contributed by atoms with van der Waals surface area (Å²) in [4.78, 5) is 59.6. The van der Waals surface area contributed by atoms with Crippen molar-refractivity contribution in [2.75, 3.05) is 6.61 Å². The number of allylic oxidation sites excluding steroid dienone is 1. The number of nitriles is 2. The first kappa shape index (κ1) is 21.5. The summed E-state index contributed by atoms with van der Waals surface area (Å²) in [6.07, 6.45) is 0.473. The van der Waals surface area contributed by atoms with Crippen LogP contribution in [0.4, 0.5) is 4.79 Å². The lowest BCUT2D eigenvalue weighted by molar-refractivity contribution is -0.133. The smallest absolute Gasteiger partial charge is 0.348 e. The highest BCUT2D eigenvalue weighted by Gasteiger charge is 2.33. The van der Waals surface area contributed by atoms with E-state index in [0.29, 0.717) is 5.56 Å². The van der Waals surface area contributed by atoms with Crippen molar-refractivity contribution >= 4 is 40.9 Å². The molecule has 0 aliphatic carbocycles. The van der Waals surface area contributed by atoms with Gasteiger partial charge in [-0.25, -0.2) is 9.59 Å². The lowest BCUT2D eigenvalue weighted by atomic mass is 9.98. The molecule has 0 aromatic carbocycles. The molecule has 0 bridgehead atoms. The number of carbonyl (C=O) groups excluding carboxylic acids is 5. The van der Waals surface area contributed by atoms with Crippen molar-refractivity contribution in [3.05, 3.63) is 32.5 Å². The Balaban J connectivity index is 2.32. The average Bonchev–Trinajstić information content (AvgIpc) is 2.96. The molecular weight excluding hydrogens is 400 g/mol. The van der Waals surface area contributed by atoms with E-state index in [1.165, 1.54) is 0 Å². The van der Waals surface area contributed by atoms with Gasteiger partial charge >= 0.3 is 12.0 Å². The molecule has 0 unspecified atom stereocenters. The Labute approximate surface area is 168 Å². The first-order valence-electron chi connectivity index (χ1n) is 8.23. The number of Topliss-reactive ketones (excluding diaryl/α,β-unsaturated/α-hetero) is 1. The molecule has 1 aliphatic heterocycles. The Kier molecular flexibility index (Phi) is 6.59. The van der Waals surface area contributed by atoms with Gasteiger partial charge in [0.25, 0.3) is 0 Å². The number of carbonyl (C=O) groups is 5. The predicted molar refractivity (Wildman–Crippen MR) is 97.3 cm³/mol. The van der Waals surface area contributed by atoms with Crippen molar-refractivity contribution in [3.8, 4) is 12.1 Å². The number of urea groups is 1. The van der Waals surface area contributed by atoms with E-state index < -0.39 is 41.1 Å². The van der Waals surface area contributed by atoms with Crippen molar-refractivity contribution in [1.29, 1.82) is 10.5 Å². The molecule has 1 fully saturated rings. The van der Waals surface area contributed by atoms with Gasteiger partial charge in [0.15, 0.2) is 5.78 Å². The number of imide groups is 2. The molecular formula is C18H14N4O6S. The van der Waals surface area contributed by atoms with E-state index in [-0.39, 0.29) is 28.3 Å². The van der Waals surface area contributed by atoms with Crippen LogP contribution in [0.3, 0.4) is 0 Å². The minimum absolute atomic E-state index is 0.127. The van der Waals surface area contributed by atoms with Gasteiger partial charge in [0.2, 0.25) is 11.8 Å². The standard InChI is InChI=1S/C18H14N4O6S/c1-3-28-17(26)14-8(2)11(7-20)13(29-14)5-12(23)9(6-19)4-10-15(24)21-18(27)22-16(10)25/h4,10H,3,5H2,1-2H3,(H2,21,22,24,25,27)/b9-4-. The van der Waals surface area contributed by atoms with Crippen LogP contribution < -0.4 is 10.6 Å². The van der Waals surface area contributed by atoms with Gasteiger partial charge in [-0.15, -0.1) is 11.3 Å². The fourth-order valence-electron chi connectivity index (χ4n) is 2.52. The normalized spacial score (nSPS) is 14.5. The van der Waals surface area contributed by atoms with E-state index in [2.05, 4.69) is 0 Å². The zero-order valence-corrected chi connectivity index (χ0v) is 16.1. The average molecular weight is 414 g/mol. The van der Waals surface area contributed by atoms with Crippen molar-refractivity contribution in [2.24, 2.45) is 5.92 Å². The molecule has 1 aromatic rings. The van der Waals surface area contributed by atoms with Crippen molar-refractivity contribution in [3.63, 3.8) is 0 Å². The van der Waals surface area contributed by atoms with Crippen LogP contribution in [-0.2, 0) is 25.5 Å². The summed E-state index contributed by atoms with van der Waals surface area (Å²) >= 11 is 0.905. The van der Waals surface area contributed by atoms with Crippen LogP contribution in [0.5, 0.6) is 0 Å². The molecule has 0 atom stereocenters. The number of amides is 4. The van der Waals surface area contributed by atoms with Gasteiger partial charge in [-0.2, -0.15) is 10.5 Å². The number of ether oxygens (including phenoxy) is 1. The minimum atomic E-state index is -1.53. The SMILES string of the molecule is CCOC(=O)c1sc(CC(=O)/C(C#N)=C\C2C(=O)NC(=O)NC2=O)c(C#N)c1C. The number of barbiturate groups is 1. The molecule has 1 saturated heterocycles. The van der Waals surface area contributed by atoms with Gasteiger partial charge in [0.05, 0.1) is 17.7 Å². The van der Waals surface area contributed by atoms with Gasteiger partial charge in [-0.1, -0.05) is 0 Å². The third-order valence-electron chi connectivity index (χ3n) is 3.91. The molecule has 2 rings (SSSR count). The predicted octanol–water partition coefficient (Wildman–Crippen LogP) is 0.649. The molecule has 2 heterocycles. The zero-order chi connectivity index (χ0) is 21.7. The van der Waals surface area contributed by atoms with Crippen molar-refractivity contribution in [2.45, 2.75) is 20.3 Å². The van der Waals surface area contributed by atoms with Crippen LogP contribution in [-0.4, -0.2) is 36.2 Å². The number of hydrogen-bond acceptors (Lipinski definition) is 9. The Bertz CT molecular complexity index is 1020. The van der Waals surface area contributed by atoms with Crippen LogP contribution in [0.15, 0.2) is 11.6 Å². The molecule has 11 heteroatoms. The molecule has 1 aromatic heterocycles. The molecule has 0 saturated carbocycles.